The average Bonchev–Trinajstić information content (AvgIpc) is 2.42. The van der Waals surface area contributed by atoms with Crippen LogP contribution in [0.2, 0.25) is 0 Å². The van der Waals surface area contributed by atoms with Crippen molar-refractivity contribution < 1.29 is 14.8 Å². The van der Waals surface area contributed by atoms with Gasteiger partial charge in [0.25, 0.3) is 0 Å². The highest BCUT2D eigenvalue weighted by Crippen LogP contribution is 2.37. The van der Waals surface area contributed by atoms with Crippen LogP contribution in [0.1, 0.15) is 50.9 Å². The van der Waals surface area contributed by atoms with Gasteiger partial charge in [0.05, 0.1) is 22.4 Å². The van der Waals surface area contributed by atoms with E-state index < -0.39 is 11.1 Å². The average molecular weight is 290 g/mol. The third-order valence-electron chi connectivity index (χ3n) is 3.70. The van der Waals surface area contributed by atoms with Crippen LogP contribution >= 0.6 is 0 Å². The van der Waals surface area contributed by atoms with E-state index in [-0.39, 0.29) is 5.97 Å². The molecule has 1 saturated heterocycles. The van der Waals surface area contributed by atoms with Crippen LogP contribution in [0.4, 0.5) is 0 Å². The molecule has 2 rings (SSSR count). The van der Waals surface area contributed by atoms with E-state index in [1.54, 1.807) is 29.3 Å². The van der Waals surface area contributed by atoms with Gasteiger partial charge >= 0.3 is 5.97 Å². The van der Waals surface area contributed by atoms with E-state index in [2.05, 4.69) is 5.16 Å². The van der Waals surface area contributed by atoms with Crippen molar-refractivity contribution in [2.45, 2.75) is 51.6 Å². The van der Waals surface area contributed by atoms with Gasteiger partial charge in [-0.05, 0) is 39.8 Å². The van der Waals surface area contributed by atoms with Crippen LogP contribution in [0.25, 0.3) is 0 Å². The van der Waals surface area contributed by atoms with Gasteiger partial charge in [-0.1, -0.05) is 23.4 Å². The molecule has 1 fully saturated rings. The van der Waals surface area contributed by atoms with Crippen LogP contribution in [0.5, 0.6) is 0 Å². The molecule has 0 unspecified atom stereocenters. The van der Waals surface area contributed by atoms with Gasteiger partial charge in [0.1, 0.15) is 0 Å². The molecule has 0 saturated carbocycles. The summed E-state index contributed by atoms with van der Waals surface area (Å²) in [4.78, 5) is 18.0. The maximum absolute atomic E-state index is 12.3. The second kappa shape index (κ2) is 5.48. The van der Waals surface area contributed by atoms with Crippen LogP contribution in [0.15, 0.2) is 35.5 Å². The molecule has 1 aliphatic heterocycles. The summed E-state index contributed by atoms with van der Waals surface area (Å²) in [6.07, 6.45) is 1.10. The molecule has 0 atom stereocenters. The maximum atomic E-state index is 12.3. The fourth-order valence-electron chi connectivity index (χ4n) is 3.05. The van der Waals surface area contributed by atoms with Gasteiger partial charge in [-0.3, -0.25) is 0 Å². The Hall–Kier alpha value is -1.88. The first-order valence-corrected chi connectivity index (χ1v) is 7.04. The van der Waals surface area contributed by atoms with Gasteiger partial charge < -0.3 is 10.0 Å². The predicted molar refractivity (Wildman–Crippen MR) is 80.3 cm³/mol. The van der Waals surface area contributed by atoms with Crippen LogP contribution < -0.4 is 0 Å². The van der Waals surface area contributed by atoms with Crippen molar-refractivity contribution in [1.29, 1.82) is 0 Å². The van der Waals surface area contributed by atoms with Crippen molar-refractivity contribution in [1.82, 2.24) is 5.06 Å². The first-order valence-electron chi connectivity index (χ1n) is 7.04. The minimum absolute atomic E-state index is 0.374. The van der Waals surface area contributed by atoms with Crippen LogP contribution in [-0.2, 0) is 4.84 Å². The molecule has 1 N–H and O–H groups in total. The van der Waals surface area contributed by atoms with Crippen molar-refractivity contribution in [3.8, 4) is 0 Å². The summed E-state index contributed by atoms with van der Waals surface area (Å²) < 4.78 is 0. The number of nitrogens with zero attached hydrogens (tertiary/aromatic N) is 2. The second-order valence-electron chi connectivity index (χ2n) is 6.68. The van der Waals surface area contributed by atoms with E-state index in [9.17, 15) is 4.79 Å². The lowest BCUT2D eigenvalue weighted by Gasteiger charge is -2.50. The summed E-state index contributed by atoms with van der Waals surface area (Å²) in [7, 11) is 0. The number of hydrogen-bond acceptors (Lipinski definition) is 5. The van der Waals surface area contributed by atoms with Gasteiger partial charge in [0.2, 0.25) is 0 Å². The van der Waals surface area contributed by atoms with Gasteiger partial charge in [-0.2, -0.15) is 0 Å². The summed E-state index contributed by atoms with van der Waals surface area (Å²) >= 11 is 0. The molecule has 114 valence electrons. The fourth-order valence-corrected chi connectivity index (χ4v) is 3.05. The Morgan fingerprint density at radius 2 is 1.67 bits per heavy atom. The Bertz CT molecular complexity index is 530. The molecule has 1 heterocycles. The molecule has 0 radical (unpaired) electrons. The number of benzene rings is 1. The van der Waals surface area contributed by atoms with E-state index in [0.717, 1.165) is 5.71 Å². The zero-order valence-electron chi connectivity index (χ0n) is 13.0. The third kappa shape index (κ3) is 3.24. The van der Waals surface area contributed by atoms with E-state index in [4.69, 9.17) is 10.0 Å². The summed E-state index contributed by atoms with van der Waals surface area (Å²) in [5, 5.41) is 14.1. The molecular weight excluding hydrogens is 268 g/mol. The first-order chi connectivity index (χ1) is 9.76. The Balaban J connectivity index is 2.23. The Labute approximate surface area is 125 Å². The molecule has 21 heavy (non-hydrogen) atoms. The summed E-state index contributed by atoms with van der Waals surface area (Å²) in [5.41, 5.74) is 0.365. The third-order valence-corrected chi connectivity index (χ3v) is 3.70. The number of piperidine rings is 1. The smallest absolute Gasteiger partial charge is 0.357 e. The monoisotopic (exact) mass is 290 g/mol. The number of rotatable bonds is 2. The molecule has 5 nitrogen and oxygen atoms in total. The largest absolute Gasteiger partial charge is 0.411 e. The number of carbonyl (C=O) groups excluding carboxylic acids is 1. The molecule has 0 amide bonds. The lowest BCUT2D eigenvalue weighted by atomic mass is 9.81. The zero-order chi connectivity index (χ0) is 15.7. The van der Waals surface area contributed by atoms with Crippen LogP contribution in [0.3, 0.4) is 0 Å². The SMILES string of the molecule is CC1(C)CC(=NO)CC(C)(C)N1OC(=O)c1ccccc1. The molecule has 5 heteroatoms. The van der Waals surface area contributed by atoms with Crippen molar-refractivity contribution in [3.63, 3.8) is 0 Å². The molecule has 0 bridgehead atoms. The summed E-state index contributed by atoms with van der Waals surface area (Å²) in [6, 6.07) is 8.93. The second-order valence-corrected chi connectivity index (χ2v) is 6.68. The predicted octanol–water partition coefficient (Wildman–Crippen LogP) is 3.24. The van der Waals surface area contributed by atoms with Gasteiger partial charge in [-0.25, -0.2) is 4.79 Å². The van der Waals surface area contributed by atoms with Crippen LogP contribution in [-0.4, -0.2) is 33.0 Å². The lowest BCUT2D eigenvalue weighted by molar-refractivity contribution is -0.226. The normalized spacial score (nSPS) is 20.9. The lowest BCUT2D eigenvalue weighted by Crippen LogP contribution is -2.61. The molecule has 0 aromatic heterocycles. The van der Waals surface area contributed by atoms with Gasteiger partial charge in [0.15, 0.2) is 0 Å². The molecule has 1 aromatic rings. The molecule has 0 aliphatic carbocycles. The minimum Gasteiger partial charge on any atom is -0.411 e. The fraction of sp³-hybridized carbons (Fsp3) is 0.500. The van der Waals surface area contributed by atoms with Gasteiger partial charge in [0, 0.05) is 12.8 Å². The number of hydrogen-bond donors (Lipinski definition) is 1. The van der Waals surface area contributed by atoms with E-state index >= 15 is 0 Å². The molecule has 1 aromatic carbocycles. The van der Waals surface area contributed by atoms with Crippen molar-refractivity contribution in [2.75, 3.05) is 0 Å². The maximum Gasteiger partial charge on any atom is 0.357 e. The Kier molecular flexibility index (Phi) is 4.05. The highest BCUT2D eigenvalue weighted by Gasteiger charge is 2.47. The molecular formula is C16H22N2O3. The topological polar surface area (TPSA) is 62.1 Å². The van der Waals surface area contributed by atoms with E-state index in [1.807, 2.05) is 33.8 Å². The van der Waals surface area contributed by atoms with Crippen LogP contribution in [0, 0.1) is 0 Å². The highest BCUT2D eigenvalue weighted by atomic mass is 16.7. The van der Waals surface area contributed by atoms with Crippen molar-refractivity contribution in [3.05, 3.63) is 35.9 Å². The van der Waals surface area contributed by atoms with Gasteiger partial charge in [-0.15, -0.1) is 5.06 Å². The van der Waals surface area contributed by atoms with E-state index in [1.165, 1.54) is 0 Å². The molecule has 1 aliphatic rings. The zero-order valence-corrected chi connectivity index (χ0v) is 13.0. The minimum atomic E-state index is -0.437. The first kappa shape index (κ1) is 15.5. The Morgan fingerprint density at radius 3 is 2.14 bits per heavy atom. The number of carbonyl (C=O) groups is 1. The summed E-state index contributed by atoms with van der Waals surface area (Å²) in [5.74, 6) is -0.374. The quantitative estimate of drug-likeness (QED) is 0.671. The summed E-state index contributed by atoms with van der Waals surface area (Å²) in [6.45, 7) is 7.88. The Morgan fingerprint density at radius 1 is 1.14 bits per heavy atom. The van der Waals surface area contributed by atoms with E-state index in [0.29, 0.717) is 18.4 Å². The highest BCUT2D eigenvalue weighted by molar-refractivity contribution is 5.90. The van der Waals surface area contributed by atoms with Crippen molar-refractivity contribution in [2.24, 2.45) is 5.16 Å². The standard InChI is InChI=1S/C16H22N2O3/c1-15(2)10-13(17-20)11-16(3,4)18(15)21-14(19)12-8-6-5-7-9-12/h5-9,20H,10-11H2,1-4H3. The number of oxime groups is 1. The number of hydroxylamine groups is 2. The van der Waals surface area contributed by atoms with Crippen molar-refractivity contribution >= 4 is 11.7 Å². The molecule has 0 spiro atoms.